The Kier molecular flexibility index (Phi) is 7.55. The molecule has 0 radical (unpaired) electrons. The van der Waals surface area contributed by atoms with Gasteiger partial charge in [0.15, 0.2) is 11.6 Å². The van der Waals surface area contributed by atoms with Gasteiger partial charge >= 0.3 is 0 Å². The van der Waals surface area contributed by atoms with E-state index in [9.17, 15) is 4.79 Å². The lowest BCUT2D eigenvalue weighted by Crippen LogP contribution is -2.51. The van der Waals surface area contributed by atoms with Gasteiger partial charge in [-0.15, -0.1) is 0 Å². The molecule has 6 rings (SSSR count). The van der Waals surface area contributed by atoms with Crippen molar-refractivity contribution in [2.45, 2.75) is 57.2 Å². The summed E-state index contributed by atoms with van der Waals surface area (Å²) in [5, 5.41) is 4.07. The quantitative estimate of drug-likeness (QED) is 0.469. The van der Waals surface area contributed by atoms with E-state index in [1.165, 1.54) is 5.56 Å². The molecule has 2 aromatic heterocycles. The third kappa shape index (κ3) is 5.40. The molecule has 1 atom stereocenters. The van der Waals surface area contributed by atoms with E-state index in [0.717, 1.165) is 62.0 Å². The number of hydrogen-bond donors (Lipinski definition) is 2. The predicted molar refractivity (Wildman–Crippen MR) is 149 cm³/mol. The maximum absolute atomic E-state index is 15.5. The van der Waals surface area contributed by atoms with Gasteiger partial charge in [-0.25, -0.2) is 9.37 Å². The smallest absolute Gasteiger partial charge is 0.270 e. The highest BCUT2D eigenvalue weighted by Crippen LogP contribution is 2.32. The average Bonchev–Trinajstić information content (AvgIpc) is 3.23. The Morgan fingerprint density at radius 2 is 2.08 bits per heavy atom. The summed E-state index contributed by atoms with van der Waals surface area (Å²) < 4.78 is 26.1. The zero-order valence-electron chi connectivity index (χ0n) is 22.8. The maximum atomic E-state index is 15.5. The molecule has 39 heavy (non-hydrogen) atoms. The third-order valence-corrected chi connectivity index (χ3v) is 8.69. The van der Waals surface area contributed by atoms with E-state index in [4.69, 9.17) is 9.47 Å². The van der Waals surface area contributed by atoms with Crippen molar-refractivity contribution in [3.8, 4) is 0 Å². The molecule has 3 aromatic rings. The zero-order valence-corrected chi connectivity index (χ0v) is 22.8. The van der Waals surface area contributed by atoms with Crippen LogP contribution in [-0.2, 0) is 22.4 Å². The van der Waals surface area contributed by atoms with Crippen molar-refractivity contribution in [3.05, 3.63) is 58.7 Å². The summed E-state index contributed by atoms with van der Waals surface area (Å²) in [5.74, 6) is 0.252. The lowest BCUT2D eigenvalue weighted by atomic mass is 9.88. The number of benzene rings is 1. The fourth-order valence-electron chi connectivity index (χ4n) is 6.01. The first-order valence-corrected chi connectivity index (χ1v) is 14.2. The Bertz CT molecular complexity index is 1330. The van der Waals surface area contributed by atoms with Crippen molar-refractivity contribution < 1.29 is 18.7 Å². The topological polar surface area (TPSA) is 82.7 Å². The highest BCUT2D eigenvalue weighted by molar-refractivity contribution is 5.98. The van der Waals surface area contributed by atoms with Gasteiger partial charge in [-0.2, -0.15) is 0 Å². The van der Waals surface area contributed by atoms with Crippen molar-refractivity contribution in [2.24, 2.45) is 0 Å². The molecule has 208 valence electrons. The largest absolute Gasteiger partial charge is 0.380 e. The fraction of sp³-hybridized carbons (Fsp3) is 0.533. The summed E-state index contributed by atoms with van der Waals surface area (Å²) in [6, 6.07) is 9.06. The molecule has 2 N–H and O–H groups in total. The molecule has 3 aliphatic heterocycles. The van der Waals surface area contributed by atoms with E-state index >= 15 is 4.39 Å². The molecule has 0 spiro atoms. The number of aromatic nitrogens is 2. The number of H-pyrrole nitrogens is 1. The molecule has 1 aromatic carbocycles. The van der Waals surface area contributed by atoms with Gasteiger partial charge in [-0.3, -0.25) is 9.69 Å². The van der Waals surface area contributed by atoms with E-state index in [0.29, 0.717) is 42.7 Å². The molecule has 5 heterocycles. The lowest BCUT2D eigenvalue weighted by molar-refractivity contribution is -0.0712. The monoisotopic (exact) mass is 535 g/mol. The number of carbonyl (C=O) groups is 1. The van der Waals surface area contributed by atoms with E-state index in [-0.39, 0.29) is 30.2 Å². The molecular formula is C30H38FN5O3. The van der Waals surface area contributed by atoms with Gasteiger partial charge in [0, 0.05) is 49.4 Å². The van der Waals surface area contributed by atoms with Crippen LogP contribution in [0.15, 0.2) is 30.5 Å². The van der Waals surface area contributed by atoms with Crippen LogP contribution in [0.4, 0.5) is 10.2 Å². The Hall–Kier alpha value is -3.01. The molecule has 0 aliphatic carbocycles. The second kappa shape index (κ2) is 11.2. The number of ether oxygens (including phenoxy) is 2. The zero-order chi connectivity index (χ0) is 26.9. The maximum Gasteiger partial charge on any atom is 0.270 e. The second-order valence-corrected chi connectivity index (χ2v) is 11.2. The molecule has 1 amide bonds. The highest BCUT2D eigenvalue weighted by atomic mass is 19.1. The van der Waals surface area contributed by atoms with Gasteiger partial charge in [0.1, 0.15) is 5.69 Å². The number of amides is 1. The summed E-state index contributed by atoms with van der Waals surface area (Å²) in [5.41, 5.74) is 4.27. The van der Waals surface area contributed by atoms with Crippen LogP contribution in [0.2, 0.25) is 0 Å². The van der Waals surface area contributed by atoms with Gasteiger partial charge in [-0.05, 0) is 74.9 Å². The van der Waals surface area contributed by atoms with Crippen LogP contribution in [0.3, 0.4) is 0 Å². The number of pyridine rings is 1. The Morgan fingerprint density at radius 3 is 2.82 bits per heavy atom. The normalized spacial score (nSPS) is 19.9. The number of hydrogen-bond acceptors (Lipinski definition) is 6. The minimum Gasteiger partial charge on any atom is -0.380 e. The molecule has 3 aliphatic rings. The van der Waals surface area contributed by atoms with E-state index in [1.807, 2.05) is 13.0 Å². The van der Waals surface area contributed by atoms with Crippen molar-refractivity contribution >= 4 is 22.6 Å². The van der Waals surface area contributed by atoms with Crippen LogP contribution in [0.25, 0.3) is 10.9 Å². The molecule has 0 saturated carbocycles. The first-order chi connectivity index (χ1) is 19.0. The van der Waals surface area contributed by atoms with Gasteiger partial charge in [0.25, 0.3) is 5.91 Å². The van der Waals surface area contributed by atoms with Crippen molar-refractivity contribution in [1.29, 1.82) is 0 Å². The van der Waals surface area contributed by atoms with E-state index in [1.54, 1.807) is 18.2 Å². The number of methoxy groups -OCH3 is 1. The fourth-order valence-corrected chi connectivity index (χ4v) is 6.01. The van der Waals surface area contributed by atoms with Crippen LogP contribution >= 0.6 is 0 Å². The number of nitrogens with zero attached hydrogens (tertiary/aromatic N) is 3. The molecule has 0 bridgehead atoms. The Balaban J connectivity index is 1.16. The minimum atomic E-state index is -0.382. The molecule has 2 saturated heterocycles. The van der Waals surface area contributed by atoms with Crippen molar-refractivity contribution in [2.75, 3.05) is 51.8 Å². The molecule has 9 heteroatoms. The minimum absolute atomic E-state index is 0.0687. The molecular weight excluding hydrogens is 497 g/mol. The van der Waals surface area contributed by atoms with Crippen molar-refractivity contribution in [1.82, 2.24) is 19.8 Å². The number of likely N-dealkylation sites (tertiary alicyclic amines) is 1. The summed E-state index contributed by atoms with van der Waals surface area (Å²) in [7, 11) is 1.62. The number of anilines is 1. The van der Waals surface area contributed by atoms with Crippen LogP contribution in [0.5, 0.6) is 0 Å². The molecule has 0 unspecified atom stereocenters. The summed E-state index contributed by atoms with van der Waals surface area (Å²) in [4.78, 5) is 25.6. The first kappa shape index (κ1) is 26.2. The number of halogens is 1. The number of nitrogens with one attached hydrogen (secondary N) is 2. The number of aryl methyl sites for hydroxylation is 1. The number of piperidine rings is 1. The molecule has 8 nitrogen and oxygen atoms in total. The van der Waals surface area contributed by atoms with Crippen molar-refractivity contribution in [3.63, 3.8) is 0 Å². The Labute approximate surface area is 228 Å². The number of rotatable bonds is 7. The molecule has 2 fully saturated rings. The number of fused-ring (bicyclic) bond motifs is 2. The van der Waals surface area contributed by atoms with Crippen LogP contribution < -0.4 is 5.32 Å². The first-order valence-electron chi connectivity index (χ1n) is 14.2. The van der Waals surface area contributed by atoms with Crippen LogP contribution in [-0.4, -0.2) is 84.3 Å². The van der Waals surface area contributed by atoms with E-state index in [2.05, 4.69) is 38.4 Å². The second-order valence-electron chi connectivity index (χ2n) is 11.2. The Morgan fingerprint density at radius 1 is 1.26 bits per heavy atom. The SMILES string of the molecule is CO[C@@H](C)CNc1ncc2c(c1F)CN(C(=O)c1cc3ccc(C4CCN(C5COC5)CC4)cc3[nH]1)CCC2. The predicted octanol–water partition coefficient (Wildman–Crippen LogP) is 4.32. The number of carbonyl (C=O) groups excluding carboxylic acids is 1. The van der Waals surface area contributed by atoms with Gasteiger partial charge in [-0.1, -0.05) is 12.1 Å². The average molecular weight is 536 g/mol. The summed E-state index contributed by atoms with van der Waals surface area (Å²) in [6.07, 6.45) is 5.42. The van der Waals surface area contributed by atoms with Gasteiger partial charge in [0.05, 0.1) is 25.4 Å². The van der Waals surface area contributed by atoms with Gasteiger partial charge in [0.2, 0.25) is 0 Å². The highest BCUT2D eigenvalue weighted by Gasteiger charge is 2.30. The number of aromatic amines is 1. The summed E-state index contributed by atoms with van der Waals surface area (Å²) >= 11 is 0. The lowest BCUT2D eigenvalue weighted by Gasteiger charge is -2.41. The standard InChI is InChI=1S/C30H38FN5O3/c1-19(38-2)14-32-29-28(31)25-16-36(9-3-4-23(25)15-33-29)30(37)27-13-22-6-5-21(12-26(22)34-27)20-7-10-35(11-8-20)24-17-39-18-24/h5-6,12-13,15,19-20,24,34H,3-4,7-11,14,16-18H2,1-2H3,(H,32,33)/t19-/m0/s1. The van der Waals surface area contributed by atoms with Crippen LogP contribution in [0, 0.1) is 5.82 Å². The van der Waals surface area contributed by atoms with Crippen LogP contribution in [0.1, 0.15) is 59.3 Å². The third-order valence-electron chi connectivity index (χ3n) is 8.69. The summed E-state index contributed by atoms with van der Waals surface area (Å²) in [6.45, 7) is 7.11. The van der Waals surface area contributed by atoms with Gasteiger partial charge < -0.3 is 24.7 Å². The van der Waals surface area contributed by atoms with E-state index < -0.39 is 0 Å².